The topological polar surface area (TPSA) is 87.7 Å². The van der Waals surface area contributed by atoms with Crippen molar-refractivity contribution in [3.8, 4) is 11.5 Å². The van der Waals surface area contributed by atoms with Gasteiger partial charge in [-0.1, -0.05) is 6.07 Å². The van der Waals surface area contributed by atoms with Crippen LogP contribution in [0.1, 0.15) is 42.9 Å². The van der Waals surface area contributed by atoms with Gasteiger partial charge in [0.05, 0.1) is 12.2 Å². The van der Waals surface area contributed by atoms with Crippen LogP contribution < -0.4 is 11.1 Å². The van der Waals surface area contributed by atoms with Crippen LogP contribution in [0.5, 0.6) is 11.5 Å². The van der Waals surface area contributed by atoms with Crippen molar-refractivity contribution in [1.82, 2.24) is 5.32 Å². The van der Waals surface area contributed by atoms with Crippen LogP contribution in [-0.4, -0.2) is 36.0 Å². The first-order chi connectivity index (χ1) is 10.6. The largest absolute Gasteiger partial charge is 0.504 e. The Morgan fingerprint density at radius 1 is 1.23 bits per heavy atom. The lowest BCUT2D eigenvalue weighted by molar-refractivity contribution is -0.0609. The van der Waals surface area contributed by atoms with Gasteiger partial charge in [-0.05, 0) is 50.3 Å². The number of aromatic hydroxyl groups is 2. The highest BCUT2D eigenvalue weighted by Crippen LogP contribution is 2.43. The van der Waals surface area contributed by atoms with Gasteiger partial charge in [0, 0.05) is 24.6 Å². The second-order valence-corrected chi connectivity index (χ2v) is 6.50. The maximum atomic E-state index is 10.2. The normalized spacial score (nSPS) is 31.7. The van der Waals surface area contributed by atoms with Gasteiger partial charge in [0.1, 0.15) is 0 Å². The average molecular weight is 306 g/mol. The molecule has 0 spiro atoms. The third-order valence-corrected chi connectivity index (χ3v) is 5.31. The number of rotatable bonds is 3. The highest BCUT2D eigenvalue weighted by molar-refractivity contribution is 5.51. The summed E-state index contributed by atoms with van der Waals surface area (Å²) in [5.74, 6) is 0.427. The van der Waals surface area contributed by atoms with Gasteiger partial charge in [0.15, 0.2) is 11.5 Å². The van der Waals surface area contributed by atoms with Crippen molar-refractivity contribution >= 4 is 0 Å². The standard InChI is InChI=1S/C17H26N2O3/c1-19-11-4-2-10(3-5-11)15-8-13-12(16(9-18)22-15)6-7-14(20)17(13)21/h6-7,10-11,15-16,19-21H,2-5,8-9,18H2,1H3. The zero-order valence-corrected chi connectivity index (χ0v) is 13.1. The Balaban J connectivity index is 1.80. The fraction of sp³-hybridized carbons (Fsp3) is 0.647. The summed E-state index contributed by atoms with van der Waals surface area (Å²) in [4.78, 5) is 0. The van der Waals surface area contributed by atoms with Gasteiger partial charge < -0.3 is 26.0 Å². The Labute approximate surface area is 131 Å². The molecule has 3 rings (SSSR count). The molecule has 5 nitrogen and oxygen atoms in total. The van der Waals surface area contributed by atoms with Crippen LogP contribution in [0.3, 0.4) is 0 Å². The molecule has 1 aliphatic heterocycles. The lowest BCUT2D eigenvalue weighted by Gasteiger charge is -2.39. The van der Waals surface area contributed by atoms with Gasteiger partial charge in [0.25, 0.3) is 0 Å². The minimum Gasteiger partial charge on any atom is -0.504 e. The quantitative estimate of drug-likeness (QED) is 0.640. The van der Waals surface area contributed by atoms with E-state index in [1.807, 2.05) is 13.1 Å². The van der Waals surface area contributed by atoms with E-state index in [4.69, 9.17) is 10.5 Å². The SMILES string of the molecule is CNC1CCC(C2Cc3c(ccc(O)c3O)C(CN)O2)CC1. The van der Waals surface area contributed by atoms with Crippen molar-refractivity contribution in [2.45, 2.75) is 50.4 Å². The fourth-order valence-corrected chi connectivity index (χ4v) is 3.93. The number of benzene rings is 1. The van der Waals surface area contributed by atoms with Gasteiger partial charge >= 0.3 is 0 Å². The number of nitrogens with one attached hydrogen (secondary N) is 1. The second kappa shape index (κ2) is 6.44. The maximum Gasteiger partial charge on any atom is 0.161 e. The van der Waals surface area contributed by atoms with Crippen LogP contribution >= 0.6 is 0 Å². The Kier molecular flexibility index (Phi) is 4.57. The molecule has 1 aromatic carbocycles. The molecule has 1 aromatic rings. The van der Waals surface area contributed by atoms with Gasteiger partial charge in [0.2, 0.25) is 0 Å². The zero-order valence-electron chi connectivity index (χ0n) is 13.1. The number of phenols is 2. The van der Waals surface area contributed by atoms with E-state index in [1.165, 1.54) is 6.07 Å². The van der Waals surface area contributed by atoms with Crippen LogP contribution in [0.25, 0.3) is 0 Å². The summed E-state index contributed by atoms with van der Waals surface area (Å²) in [6.45, 7) is 0.388. The number of hydrogen-bond donors (Lipinski definition) is 4. The number of fused-ring (bicyclic) bond motifs is 1. The van der Waals surface area contributed by atoms with E-state index < -0.39 is 0 Å². The van der Waals surface area contributed by atoms with Crippen LogP contribution in [0, 0.1) is 5.92 Å². The molecular formula is C17H26N2O3. The lowest BCUT2D eigenvalue weighted by atomic mass is 9.79. The summed E-state index contributed by atoms with van der Waals surface area (Å²) < 4.78 is 6.23. The molecule has 1 heterocycles. The highest BCUT2D eigenvalue weighted by atomic mass is 16.5. The summed E-state index contributed by atoms with van der Waals surface area (Å²) in [6, 6.07) is 3.93. The lowest BCUT2D eigenvalue weighted by Crippen LogP contribution is -2.39. The van der Waals surface area contributed by atoms with E-state index in [-0.39, 0.29) is 23.7 Å². The number of nitrogens with two attached hydrogens (primary N) is 1. The summed E-state index contributed by atoms with van der Waals surface area (Å²) in [6.07, 6.45) is 5.11. The first-order valence-corrected chi connectivity index (χ1v) is 8.20. The predicted octanol–water partition coefficient (Wildman–Crippen LogP) is 1.82. The van der Waals surface area contributed by atoms with E-state index >= 15 is 0 Å². The van der Waals surface area contributed by atoms with Gasteiger partial charge in [-0.15, -0.1) is 0 Å². The summed E-state index contributed by atoms with van der Waals surface area (Å²) in [5.41, 5.74) is 7.59. The molecule has 0 radical (unpaired) electrons. The molecule has 2 atom stereocenters. The van der Waals surface area contributed by atoms with Crippen molar-refractivity contribution in [1.29, 1.82) is 0 Å². The van der Waals surface area contributed by atoms with Crippen molar-refractivity contribution in [3.05, 3.63) is 23.3 Å². The Morgan fingerprint density at radius 2 is 1.95 bits per heavy atom. The Hall–Kier alpha value is -1.30. The smallest absolute Gasteiger partial charge is 0.161 e. The number of phenolic OH excluding ortho intramolecular Hbond substituents is 2. The second-order valence-electron chi connectivity index (χ2n) is 6.50. The van der Waals surface area contributed by atoms with Gasteiger partial charge in [-0.2, -0.15) is 0 Å². The molecule has 122 valence electrons. The molecule has 0 saturated heterocycles. The van der Waals surface area contributed by atoms with Crippen molar-refractivity contribution in [2.75, 3.05) is 13.6 Å². The van der Waals surface area contributed by atoms with Gasteiger partial charge in [-0.25, -0.2) is 0 Å². The summed E-state index contributed by atoms with van der Waals surface area (Å²) in [5, 5.41) is 23.3. The minimum atomic E-state index is -0.192. The van der Waals surface area contributed by atoms with E-state index in [2.05, 4.69) is 5.32 Å². The van der Waals surface area contributed by atoms with Gasteiger partial charge in [-0.3, -0.25) is 0 Å². The molecule has 0 bridgehead atoms. The molecule has 5 N–H and O–H groups in total. The summed E-state index contributed by atoms with van der Waals surface area (Å²) >= 11 is 0. The molecule has 1 fully saturated rings. The maximum absolute atomic E-state index is 10.2. The van der Waals surface area contributed by atoms with Crippen molar-refractivity contribution in [2.24, 2.45) is 11.7 Å². The fourth-order valence-electron chi connectivity index (χ4n) is 3.93. The third-order valence-electron chi connectivity index (χ3n) is 5.31. The van der Waals surface area contributed by atoms with Crippen LogP contribution in [0.4, 0.5) is 0 Å². The summed E-state index contributed by atoms with van der Waals surface area (Å²) in [7, 11) is 2.02. The number of hydrogen-bond acceptors (Lipinski definition) is 5. The minimum absolute atomic E-state index is 0.00633. The Morgan fingerprint density at radius 3 is 2.59 bits per heavy atom. The molecular weight excluding hydrogens is 280 g/mol. The van der Waals surface area contributed by atoms with E-state index in [0.717, 1.165) is 36.8 Å². The molecule has 22 heavy (non-hydrogen) atoms. The molecule has 0 amide bonds. The molecule has 1 saturated carbocycles. The van der Waals surface area contributed by atoms with E-state index in [0.29, 0.717) is 24.9 Å². The van der Waals surface area contributed by atoms with Crippen LogP contribution in [0.15, 0.2) is 12.1 Å². The van der Waals surface area contributed by atoms with Crippen molar-refractivity contribution < 1.29 is 14.9 Å². The first kappa shape index (κ1) is 15.6. The predicted molar refractivity (Wildman–Crippen MR) is 84.9 cm³/mol. The highest BCUT2D eigenvalue weighted by Gasteiger charge is 2.35. The van der Waals surface area contributed by atoms with E-state index in [1.54, 1.807) is 0 Å². The number of ether oxygens (including phenoxy) is 1. The van der Waals surface area contributed by atoms with Crippen LogP contribution in [0.2, 0.25) is 0 Å². The van der Waals surface area contributed by atoms with Crippen molar-refractivity contribution in [3.63, 3.8) is 0 Å². The van der Waals surface area contributed by atoms with Crippen LogP contribution in [-0.2, 0) is 11.2 Å². The third kappa shape index (κ3) is 2.81. The molecule has 1 aliphatic carbocycles. The molecule has 5 heteroatoms. The zero-order chi connectivity index (χ0) is 15.7. The average Bonchev–Trinajstić information content (AvgIpc) is 2.57. The molecule has 2 unspecified atom stereocenters. The monoisotopic (exact) mass is 306 g/mol. The molecule has 0 aromatic heterocycles. The molecule has 2 aliphatic rings. The Bertz CT molecular complexity index is 527. The first-order valence-electron chi connectivity index (χ1n) is 8.20. The van der Waals surface area contributed by atoms with E-state index in [9.17, 15) is 10.2 Å².